The van der Waals surface area contributed by atoms with E-state index in [4.69, 9.17) is 134 Å². The van der Waals surface area contributed by atoms with Gasteiger partial charge in [0.2, 0.25) is 3.79 Å². The summed E-state index contributed by atoms with van der Waals surface area (Å²) in [4.78, 5) is 43.9. The van der Waals surface area contributed by atoms with E-state index in [1.165, 1.54) is 6.92 Å². The van der Waals surface area contributed by atoms with Gasteiger partial charge >= 0.3 is 18.2 Å². The monoisotopic (exact) mass is 1970 g/mol. The van der Waals surface area contributed by atoms with Gasteiger partial charge in [0.25, 0.3) is 0 Å². The molecule has 4 fully saturated rings. The molecule has 3 N–H and O–H groups in total. The zero-order valence-electron chi connectivity index (χ0n) is 77.6. The quantitative estimate of drug-likeness (QED) is 0.0138. The number of aliphatic hydroxyl groups excluding tert-OH is 1. The topological polar surface area (TPSA) is 289 Å². The average Bonchev–Trinajstić information content (AvgIpc) is 0.746. The fourth-order valence-electron chi connectivity index (χ4n) is 16.7. The molecule has 4 heterocycles. The molecule has 2 amide bonds. The lowest BCUT2D eigenvalue weighted by atomic mass is 9.93. The van der Waals surface area contributed by atoms with Crippen molar-refractivity contribution < 1.29 is 119 Å². The van der Waals surface area contributed by atoms with Crippen LogP contribution in [0.3, 0.4) is 0 Å². The van der Waals surface area contributed by atoms with Crippen molar-refractivity contribution in [2.45, 2.75) is 213 Å². The molecule has 0 bridgehead atoms. The van der Waals surface area contributed by atoms with Crippen molar-refractivity contribution in [3.05, 3.63) is 395 Å². The number of benzene rings is 11. The lowest BCUT2D eigenvalue weighted by molar-refractivity contribution is -0.395. The van der Waals surface area contributed by atoms with E-state index in [1.54, 1.807) is 0 Å². The van der Waals surface area contributed by atoms with Gasteiger partial charge in [-0.05, 0) is 67.6 Å². The Hall–Kier alpha value is -10.5. The Morgan fingerprint density at radius 3 is 0.979 bits per heavy atom. The zero-order chi connectivity index (χ0) is 96.7. The lowest BCUT2D eigenvalue weighted by Crippen LogP contribution is -2.72. The molecule has 0 aromatic heterocycles. The Balaban J connectivity index is 0.915. The number of esters is 1. The zero-order valence-corrected chi connectivity index (χ0v) is 79.9. The van der Waals surface area contributed by atoms with Crippen LogP contribution >= 0.6 is 34.8 Å². The van der Waals surface area contributed by atoms with Crippen molar-refractivity contribution >= 4 is 53.0 Å². The van der Waals surface area contributed by atoms with Crippen LogP contribution in [-0.4, -0.2) is 196 Å². The minimum atomic E-state index is -2.21. The van der Waals surface area contributed by atoms with Crippen LogP contribution < -0.4 is 10.6 Å². The fraction of sp³-hybridized carbons (Fsp3) is 0.373. The third-order valence-electron chi connectivity index (χ3n) is 23.6. The second kappa shape index (κ2) is 55.2. The molecule has 740 valence electrons. The van der Waals surface area contributed by atoms with E-state index in [9.17, 15) is 14.7 Å². The normalized spacial score (nSPS) is 24.7. The molecule has 20 atom stereocenters. The highest BCUT2D eigenvalue weighted by Gasteiger charge is 2.60. The molecule has 4 aliphatic heterocycles. The molecule has 11 aromatic rings. The van der Waals surface area contributed by atoms with Crippen molar-refractivity contribution in [3.63, 3.8) is 0 Å². The number of hydrogen-bond donors (Lipinski definition) is 3. The average molecular weight is 1980 g/mol. The molecule has 0 saturated carbocycles. The molecule has 0 aliphatic carbocycles. The van der Waals surface area contributed by atoms with E-state index in [2.05, 4.69) is 10.6 Å². The Kier molecular flexibility index (Phi) is 41.0. The van der Waals surface area contributed by atoms with E-state index < -0.39 is 158 Å². The van der Waals surface area contributed by atoms with Crippen LogP contribution in [-0.2, 0) is 177 Å². The maximum absolute atomic E-state index is 15.9. The highest BCUT2D eigenvalue weighted by Crippen LogP contribution is 2.42. The maximum Gasteiger partial charge on any atom is 0.407 e. The van der Waals surface area contributed by atoms with Gasteiger partial charge in [-0.3, -0.25) is 4.79 Å². The molecule has 27 nitrogen and oxygen atoms in total. The second-order valence-electron chi connectivity index (χ2n) is 34.2. The molecule has 0 spiro atoms. The van der Waals surface area contributed by atoms with Gasteiger partial charge in [0.05, 0.1) is 99.1 Å². The van der Waals surface area contributed by atoms with Crippen molar-refractivity contribution in [2.24, 2.45) is 0 Å². The standard InChI is InChI=1S/C110H119Cl3N2O25/c1-76(116)133-103-99(128-67-84-50-27-9-28-51-84)94(125-64-81-44-21-6-22-45-81)89(72-121-61-78-38-15-3-16-39-78)137-107(103)139-97-92(115-109(119)132-75-110(111,112)113)104(135-91(74-123-63-80-42-19-5-20-43-80)96(97)138-106-101(129-68-85-52-29-10-30-53-85)98(127-66-83-48-25-8-26-49-83)93(117)88(134-106)71-120-60-77-36-13-2-14-37-77)140-100-95(126-65-82-46-23-7-24-47-82)90(73-122-62-79-40-17-4-18-41-79)136-105(102(100)130-69-86-54-31-11-32-55-86)124-59-35-58-114-108(118)131-70-87-56-33-12-34-57-87/h2-34,36-57,88-107,117H,35,58-75H2,1H3,(H,114,118)(H,115,119)/t88-,89-,90-,91-,92-,93-,94-,95-,96+,97-,98+,99+,100+,101-,102+,103-,104+,105+,106-,107+/m1/s1. The number of alkyl halides is 3. The number of carbonyl (C=O) groups is 3. The number of alkyl carbamates (subject to hydrolysis) is 2. The Morgan fingerprint density at radius 2 is 0.593 bits per heavy atom. The molecule has 0 radical (unpaired) electrons. The SMILES string of the molecule is CC(=O)O[C@H]1[C@H](O[C@@H]2[C@@H](NC(=O)OCC(Cl)(Cl)Cl)[C@H](O[C@@H]3[C@H](OCc4ccccc4)[C@@H](OCCCNC(=O)OCc4ccccc4)O[C@H](COCc4ccccc4)[C@H]3OCc3ccccc3)O[C@H](COCc3ccccc3)[C@@H]2O[C@H]2O[C@H](COCc3ccccc3)[C@@H](O)[C@H](OCc3ccccc3)[C@H]2OCc2ccccc2)O[C@H](COCc2ccccc2)[C@@H](OCc2ccccc2)[C@@H]1OCc1ccccc1. The maximum atomic E-state index is 15.9. The number of hydrogen-bond acceptors (Lipinski definition) is 25. The largest absolute Gasteiger partial charge is 0.454 e. The number of rotatable bonds is 50. The van der Waals surface area contributed by atoms with Crippen LogP contribution in [0.2, 0.25) is 0 Å². The van der Waals surface area contributed by atoms with E-state index >= 15 is 4.79 Å². The number of nitrogens with one attached hydrogen (secondary N) is 2. The number of amides is 2. The first kappa shape index (κ1) is 104. The molecule has 140 heavy (non-hydrogen) atoms. The van der Waals surface area contributed by atoms with Gasteiger partial charge in [-0.15, -0.1) is 0 Å². The van der Waals surface area contributed by atoms with Gasteiger partial charge in [-0.2, -0.15) is 0 Å². The Labute approximate surface area is 831 Å². The molecule has 30 heteroatoms. The molecule has 11 aromatic carbocycles. The van der Waals surface area contributed by atoms with Crippen molar-refractivity contribution in [2.75, 3.05) is 46.2 Å². The summed E-state index contributed by atoms with van der Waals surface area (Å²) in [5, 5.41) is 19.2. The van der Waals surface area contributed by atoms with E-state index in [0.717, 1.165) is 61.2 Å². The van der Waals surface area contributed by atoms with Crippen molar-refractivity contribution in [3.8, 4) is 0 Å². The molecule has 4 saturated heterocycles. The molecule has 15 rings (SSSR count). The van der Waals surface area contributed by atoms with E-state index in [-0.39, 0.29) is 112 Å². The molecule has 0 unspecified atom stereocenters. The molecule has 4 aliphatic rings. The predicted molar refractivity (Wildman–Crippen MR) is 519 cm³/mol. The number of halogens is 3. The number of carbonyl (C=O) groups excluding carboxylic acids is 3. The highest BCUT2D eigenvalue weighted by molar-refractivity contribution is 6.67. The van der Waals surface area contributed by atoms with Crippen molar-refractivity contribution in [1.29, 1.82) is 0 Å². The van der Waals surface area contributed by atoms with Gasteiger partial charge in [0.1, 0.15) is 105 Å². The van der Waals surface area contributed by atoms with Crippen LogP contribution in [0.25, 0.3) is 0 Å². The van der Waals surface area contributed by atoms with Crippen LogP contribution in [0.5, 0.6) is 0 Å². The minimum Gasteiger partial charge on any atom is -0.454 e. The van der Waals surface area contributed by atoms with Gasteiger partial charge in [-0.25, -0.2) is 9.59 Å². The predicted octanol–water partition coefficient (Wildman–Crippen LogP) is 17.5. The van der Waals surface area contributed by atoms with E-state index in [1.807, 2.05) is 334 Å². The highest BCUT2D eigenvalue weighted by atomic mass is 35.6. The summed E-state index contributed by atoms with van der Waals surface area (Å²) in [6.45, 7) is -0.638. The summed E-state index contributed by atoms with van der Waals surface area (Å²) in [7, 11) is 0. The first-order valence-corrected chi connectivity index (χ1v) is 48.1. The molecular weight excluding hydrogens is 1860 g/mol. The van der Waals surface area contributed by atoms with Crippen LogP contribution in [0.4, 0.5) is 9.59 Å². The number of aliphatic hydroxyl groups is 1. The first-order valence-electron chi connectivity index (χ1n) is 47.0. The summed E-state index contributed by atoms with van der Waals surface area (Å²) >= 11 is 19.7. The third kappa shape index (κ3) is 32.5. The third-order valence-corrected chi connectivity index (χ3v) is 24.0. The van der Waals surface area contributed by atoms with Crippen LogP contribution in [0.1, 0.15) is 74.5 Å². The fourth-order valence-corrected chi connectivity index (χ4v) is 16.9. The Morgan fingerprint density at radius 1 is 0.300 bits per heavy atom. The van der Waals surface area contributed by atoms with Gasteiger partial charge < -0.3 is 115 Å². The summed E-state index contributed by atoms with van der Waals surface area (Å²) in [5.41, 5.74) is 8.54. The molecular formula is C110H119Cl3N2O25. The minimum absolute atomic E-state index is 0.000801. The van der Waals surface area contributed by atoms with E-state index in [0.29, 0.717) is 0 Å². The summed E-state index contributed by atoms with van der Waals surface area (Å²) < 4.78 is 147. The smallest absolute Gasteiger partial charge is 0.407 e. The first-order chi connectivity index (χ1) is 68.6. The van der Waals surface area contributed by atoms with Crippen molar-refractivity contribution in [1.82, 2.24) is 10.6 Å². The summed E-state index contributed by atoms with van der Waals surface area (Å²) in [5.74, 6) is -0.798. The second-order valence-corrected chi connectivity index (χ2v) is 36.7. The van der Waals surface area contributed by atoms with Gasteiger partial charge in [0, 0.05) is 13.5 Å². The van der Waals surface area contributed by atoms with Gasteiger partial charge in [0.15, 0.2) is 31.3 Å². The number of ether oxygens (including phenoxy) is 21. The summed E-state index contributed by atoms with van der Waals surface area (Å²) in [6, 6.07) is 102. The van der Waals surface area contributed by atoms with Crippen LogP contribution in [0.15, 0.2) is 334 Å². The van der Waals surface area contributed by atoms with Crippen LogP contribution in [0, 0.1) is 0 Å². The summed E-state index contributed by atoms with van der Waals surface area (Å²) in [6.07, 6.45) is -29.6. The van der Waals surface area contributed by atoms with Gasteiger partial charge in [-0.1, -0.05) is 368 Å². The Bertz CT molecular complexity index is 5360. The lowest BCUT2D eigenvalue weighted by Gasteiger charge is -2.53.